The summed E-state index contributed by atoms with van der Waals surface area (Å²) in [5, 5.41) is 3.79. The molecular formula is C15H30N2O. The first-order chi connectivity index (χ1) is 8.65. The van der Waals surface area contributed by atoms with Crippen LogP contribution in [0.2, 0.25) is 0 Å². The Hall–Kier alpha value is -0.120. The zero-order valence-corrected chi connectivity index (χ0v) is 12.3. The summed E-state index contributed by atoms with van der Waals surface area (Å²) in [5.74, 6) is 1.50. The SMILES string of the molecule is CC(C)C1CC(NCC2CCCN(C)C2)CCO1. The van der Waals surface area contributed by atoms with Crippen molar-refractivity contribution >= 4 is 0 Å². The van der Waals surface area contributed by atoms with Crippen molar-refractivity contribution in [2.45, 2.75) is 51.7 Å². The second-order valence-electron chi connectivity index (χ2n) is 6.55. The molecule has 0 bridgehead atoms. The Balaban J connectivity index is 1.69. The number of nitrogens with zero attached hydrogens (tertiary/aromatic N) is 1. The van der Waals surface area contributed by atoms with Crippen molar-refractivity contribution in [1.29, 1.82) is 0 Å². The van der Waals surface area contributed by atoms with E-state index in [-0.39, 0.29) is 0 Å². The Kier molecular flexibility index (Phi) is 5.46. The lowest BCUT2D eigenvalue weighted by atomic mass is 9.94. The largest absolute Gasteiger partial charge is 0.378 e. The van der Waals surface area contributed by atoms with E-state index in [9.17, 15) is 0 Å². The van der Waals surface area contributed by atoms with Gasteiger partial charge in [0.15, 0.2) is 0 Å². The fourth-order valence-electron chi connectivity index (χ4n) is 3.25. The highest BCUT2D eigenvalue weighted by Crippen LogP contribution is 2.21. The predicted octanol–water partition coefficient (Wildman–Crippen LogP) is 2.12. The van der Waals surface area contributed by atoms with Gasteiger partial charge < -0.3 is 15.0 Å². The van der Waals surface area contributed by atoms with Crippen LogP contribution in [0, 0.1) is 11.8 Å². The van der Waals surface area contributed by atoms with E-state index in [1.54, 1.807) is 0 Å². The van der Waals surface area contributed by atoms with Crippen molar-refractivity contribution in [3.05, 3.63) is 0 Å². The molecule has 0 aromatic rings. The highest BCUT2D eigenvalue weighted by Gasteiger charge is 2.25. The molecule has 0 aromatic heterocycles. The smallest absolute Gasteiger partial charge is 0.0612 e. The summed E-state index contributed by atoms with van der Waals surface area (Å²) in [6.45, 7) is 9.21. The van der Waals surface area contributed by atoms with Crippen LogP contribution in [0.4, 0.5) is 0 Å². The molecule has 3 nitrogen and oxygen atoms in total. The highest BCUT2D eigenvalue weighted by molar-refractivity contribution is 4.81. The number of likely N-dealkylation sites (tertiary alicyclic amines) is 1. The molecule has 2 rings (SSSR count). The monoisotopic (exact) mass is 254 g/mol. The van der Waals surface area contributed by atoms with Crippen LogP contribution >= 0.6 is 0 Å². The number of nitrogens with one attached hydrogen (secondary N) is 1. The second kappa shape index (κ2) is 6.88. The van der Waals surface area contributed by atoms with Crippen molar-refractivity contribution in [2.75, 3.05) is 33.3 Å². The minimum atomic E-state index is 0.463. The van der Waals surface area contributed by atoms with Crippen molar-refractivity contribution in [2.24, 2.45) is 11.8 Å². The summed E-state index contributed by atoms with van der Waals surface area (Å²) >= 11 is 0. The Morgan fingerprint density at radius 3 is 2.89 bits per heavy atom. The zero-order chi connectivity index (χ0) is 13.0. The van der Waals surface area contributed by atoms with Gasteiger partial charge in [0.2, 0.25) is 0 Å². The Morgan fingerprint density at radius 1 is 1.33 bits per heavy atom. The normalized spacial score (nSPS) is 35.0. The zero-order valence-electron chi connectivity index (χ0n) is 12.3. The fourth-order valence-corrected chi connectivity index (χ4v) is 3.25. The quantitative estimate of drug-likeness (QED) is 0.832. The molecule has 106 valence electrons. The van der Waals surface area contributed by atoms with E-state index in [2.05, 4.69) is 31.1 Å². The van der Waals surface area contributed by atoms with Crippen LogP contribution < -0.4 is 5.32 Å². The lowest BCUT2D eigenvalue weighted by molar-refractivity contribution is -0.0251. The maximum absolute atomic E-state index is 5.83. The third-order valence-corrected chi connectivity index (χ3v) is 4.48. The standard InChI is InChI=1S/C15H30N2O/c1-12(2)15-9-14(6-8-18-15)16-10-13-5-4-7-17(3)11-13/h12-16H,4-11H2,1-3H3. The lowest BCUT2D eigenvalue weighted by Gasteiger charge is -2.35. The van der Waals surface area contributed by atoms with Gasteiger partial charge in [-0.25, -0.2) is 0 Å². The highest BCUT2D eigenvalue weighted by atomic mass is 16.5. The fraction of sp³-hybridized carbons (Fsp3) is 1.00. The molecule has 0 saturated carbocycles. The Labute approximate surface area is 112 Å². The van der Waals surface area contributed by atoms with Crippen molar-refractivity contribution < 1.29 is 4.74 Å². The number of rotatable bonds is 4. The van der Waals surface area contributed by atoms with Crippen LogP contribution in [0.3, 0.4) is 0 Å². The molecule has 3 atom stereocenters. The summed E-state index contributed by atoms with van der Waals surface area (Å²) < 4.78 is 5.83. The van der Waals surface area contributed by atoms with Gasteiger partial charge in [-0.2, -0.15) is 0 Å². The van der Waals surface area contributed by atoms with Gasteiger partial charge in [-0.1, -0.05) is 13.8 Å². The first-order valence-electron chi connectivity index (χ1n) is 7.68. The van der Waals surface area contributed by atoms with Crippen LogP contribution in [0.5, 0.6) is 0 Å². The number of piperidine rings is 1. The molecule has 18 heavy (non-hydrogen) atoms. The van der Waals surface area contributed by atoms with Gasteiger partial charge in [0.1, 0.15) is 0 Å². The summed E-state index contributed by atoms with van der Waals surface area (Å²) in [6, 6.07) is 0.679. The molecule has 0 amide bonds. The van der Waals surface area contributed by atoms with E-state index in [1.165, 1.54) is 45.3 Å². The summed E-state index contributed by atoms with van der Waals surface area (Å²) in [7, 11) is 2.25. The average Bonchev–Trinajstić information content (AvgIpc) is 2.37. The number of hydrogen-bond acceptors (Lipinski definition) is 3. The van der Waals surface area contributed by atoms with Crippen LogP contribution in [-0.4, -0.2) is 50.3 Å². The molecule has 2 heterocycles. The van der Waals surface area contributed by atoms with Crippen molar-refractivity contribution in [1.82, 2.24) is 10.2 Å². The molecule has 2 aliphatic heterocycles. The van der Waals surface area contributed by atoms with Crippen molar-refractivity contribution in [3.8, 4) is 0 Å². The van der Waals surface area contributed by atoms with E-state index in [1.807, 2.05) is 0 Å². The number of hydrogen-bond donors (Lipinski definition) is 1. The maximum atomic E-state index is 5.83. The predicted molar refractivity (Wildman–Crippen MR) is 75.8 cm³/mol. The Morgan fingerprint density at radius 2 is 2.17 bits per heavy atom. The van der Waals surface area contributed by atoms with E-state index in [4.69, 9.17) is 4.74 Å². The van der Waals surface area contributed by atoms with E-state index in [0.717, 1.165) is 12.5 Å². The molecule has 3 heteroatoms. The van der Waals surface area contributed by atoms with Gasteiger partial charge in [0, 0.05) is 19.2 Å². The Bertz CT molecular complexity index is 245. The van der Waals surface area contributed by atoms with Crippen LogP contribution in [0.1, 0.15) is 39.5 Å². The lowest BCUT2D eigenvalue weighted by Crippen LogP contribution is -2.45. The molecule has 2 aliphatic rings. The second-order valence-corrected chi connectivity index (χ2v) is 6.55. The van der Waals surface area contributed by atoms with Crippen molar-refractivity contribution in [3.63, 3.8) is 0 Å². The first-order valence-corrected chi connectivity index (χ1v) is 7.68. The molecular weight excluding hydrogens is 224 g/mol. The molecule has 1 N–H and O–H groups in total. The van der Waals surface area contributed by atoms with Crippen LogP contribution in [-0.2, 0) is 4.74 Å². The molecule has 0 aliphatic carbocycles. The van der Waals surface area contributed by atoms with Gasteiger partial charge in [-0.15, -0.1) is 0 Å². The third-order valence-electron chi connectivity index (χ3n) is 4.48. The average molecular weight is 254 g/mol. The minimum Gasteiger partial charge on any atom is -0.378 e. The maximum Gasteiger partial charge on any atom is 0.0612 e. The number of ether oxygens (including phenoxy) is 1. The molecule has 2 fully saturated rings. The minimum absolute atomic E-state index is 0.463. The third kappa shape index (κ3) is 4.22. The molecule has 3 unspecified atom stereocenters. The van der Waals surface area contributed by atoms with E-state index < -0.39 is 0 Å². The topological polar surface area (TPSA) is 24.5 Å². The van der Waals surface area contributed by atoms with Crippen LogP contribution in [0.25, 0.3) is 0 Å². The molecule has 0 aromatic carbocycles. The van der Waals surface area contributed by atoms with Gasteiger partial charge in [-0.3, -0.25) is 0 Å². The first kappa shape index (κ1) is 14.3. The van der Waals surface area contributed by atoms with Gasteiger partial charge >= 0.3 is 0 Å². The summed E-state index contributed by atoms with van der Waals surface area (Å²) in [4.78, 5) is 2.47. The summed E-state index contributed by atoms with van der Waals surface area (Å²) in [5.41, 5.74) is 0. The molecule has 0 spiro atoms. The van der Waals surface area contributed by atoms with E-state index in [0.29, 0.717) is 18.1 Å². The summed E-state index contributed by atoms with van der Waals surface area (Å²) in [6.07, 6.45) is 5.61. The van der Waals surface area contributed by atoms with Gasteiger partial charge in [-0.05, 0) is 57.7 Å². The van der Waals surface area contributed by atoms with Gasteiger partial charge in [0.25, 0.3) is 0 Å². The van der Waals surface area contributed by atoms with E-state index >= 15 is 0 Å². The molecule has 0 radical (unpaired) electrons. The van der Waals surface area contributed by atoms with Gasteiger partial charge in [0.05, 0.1) is 6.10 Å². The molecule has 2 saturated heterocycles. The van der Waals surface area contributed by atoms with Crippen LogP contribution in [0.15, 0.2) is 0 Å².